The number of carboxylic acid groups (broad SMARTS) is 1. The van der Waals surface area contributed by atoms with E-state index in [4.69, 9.17) is 5.11 Å². The molecule has 0 aliphatic carbocycles. The van der Waals surface area contributed by atoms with Gasteiger partial charge >= 0.3 is 11.8 Å². The lowest BCUT2D eigenvalue weighted by molar-refractivity contribution is -0.384. The highest BCUT2D eigenvalue weighted by molar-refractivity contribution is 5.84. The summed E-state index contributed by atoms with van der Waals surface area (Å²) in [6, 6.07) is -0.0759. The Hall–Kier alpha value is -2.12. The van der Waals surface area contributed by atoms with Crippen LogP contribution in [0, 0.1) is 10.1 Å². The fraction of sp³-hybridized carbons (Fsp3) is 0.429. The largest absolute Gasteiger partial charge is 0.465 e. The molecular formula is C7H10N4O4. The van der Waals surface area contributed by atoms with Gasteiger partial charge in [-0.2, -0.15) is 0 Å². The molecule has 0 unspecified atom stereocenters. The third-order valence-electron chi connectivity index (χ3n) is 1.66. The molecule has 15 heavy (non-hydrogen) atoms. The maximum Gasteiger partial charge on any atom is 0.410 e. The number of anilines is 1. The van der Waals surface area contributed by atoms with Gasteiger partial charge in [-0.05, 0) is 13.8 Å². The van der Waals surface area contributed by atoms with Crippen molar-refractivity contribution in [1.82, 2.24) is 9.78 Å². The Labute approximate surface area is 84.7 Å². The van der Waals surface area contributed by atoms with E-state index in [0.29, 0.717) is 0 Å². The average molecular weight is 214 g/mol. The maximum absolute atomic E-state index is 10.6. The third kappa shape index (κ3) is 2.42. The van der Waals surface area contributed by atoms with Gasteiger partial charge in [0.05, 0.1) is 4.92 Å². The molecule has 0 fully saturated rings. The van der Waals surface area contributed by atoms with Crippen molar-refractivity contribution in [3.05, 3.63) is 16.3 Å². The number of hydrogen-bond acceptors (Lipinski definition) is 4. The summed E-state index contributed by atoms with van der Waals surface area (Å²) in [5.41, 5.74) is -0.355. The van der Waals surface area contributed by atoms with Crippen LogP contribution in [0.15, 0.2) is 6.20 Å². The highest BCUT2D eigenvalue weighted by Crippen LogP contribution is 2.23. The van der Waals surface area contributed by atoms with Gasteiger partial charge in [-0.3, -0.25) is 20.1 Å². The molecule has 0 radical (unpaired) electrons. The summed E-state index contributed by atoms with van der Waals surface area (Å²) in [6.07, 6.45) is -0.192. The second-order valence-corrected chi connectivity index (χ2v) is 3.12. The zero-order valence-corrected chi connectivity index (χ0v) is 8.17. The molecule has 0 aliphatic rings. The number of nitrogens with zero attached hydrogens (tertiary/aromatic N) is 3. The highest BCUT2D eigenvalue weighted by atomic mass is 16.6. The van der Waals surface area contributed by atoms with Crippen LogP contribution >= 0.6 is 0 Å². The molecular weight excluding hydrogens is 204 g/mol. The Morgan fingerprint density at radius 1 is 1.73 bits per heavy atom. The van der Waals surface area contributed by atoms with E-state index in [2.05, 4.69) is 5.10 Å². The van der Waals surface area contributed by atoms with Crippen LogP contribution in [-0.4, -0.2) is 25.9 Å². The van der Waals surface area contributed by atoms with Crippen molar-refractivity contribution in [2.24, 2.45) is 0 Å². The number of carbonyl (C=O) groups is 1. The Balaban J connectivity index is 3.11. The molecule has 0 bridgehead atoms. The summed E-state index contributed by atoms with van der Waals surface area (Å²) < 4.78 is 1.32. The summed E-state index contributed by atoms with van der Waals surface area (Å²) in [5.74, 6) is -0.263. The van der Waals surface area contributed by atoms with Crippen LogP contribution in [0.25, 0.3) is 0 Å². The summed E-state index contributed by atoms with van der Waals surface area (Å²) in [5, 5.41) is 24.6. The molecule has 0 spiro atoms. The monoisotopic (exact) mass is 214 g/mol. The molecule has 82 valence electrons. The SMILES string of the molecule is CC(C)n1cc([N+](=O)[O-])c(NC(=O)O)n1. The van der Waals surface area contributed by atoms with Crippen molar-refractivity contribution in [2.75, 3.05) is 5.32 Å². The smallest absolute Gasteiger partial charge is 0.410 e. The number of rotatable bonds is 3. The summed E-state index contributed by atoms with van der Waals surface area (Å²) >= 11 is 0. The van der Waals surface area contributed by atoms with Crippen LogP contribution in [-0.2, 0) is 0 Å². The number of nitro groups is 1. The van der Waals surface area contributed by atoms with Crippen molar-refractivity contribution < 1.29 is 14.8 Å². The Morgan fingerprint density at radius 2 is 2.33 bits per heavy atom. The molecule has 8 heteroatoms. The van der Waals surface area contributed by atoms with Crippen molar-refractivity contribution in [3.8, 4) is 0 Å². The van der Waals surface area contributed by atoms with E-state index in [-0.39, 0.29) is 17.5 Å². The van der Waals surface area contributed by atoms with Crippen LogP contribution in [0.5, 0.6) is 0 Å². The lowest BCUT2D eigenvalue weighted by Gasteiger charge is -2.02. The van der Waals surface area contributed by atoms with Gasteiger partial charge in [0.2, 0.25) is 5.82 Å². The molecule has 2 N–H and O–H groups in total. The minimum absolute atomic E-state index is 0.0759. The molecule has 1 amide bonds. The second kappa shape index (κ2) is 3.95. The van der Waals surface area contributed by atoms with E-state index in [9.17, 15) is 14.9 Å². The van der Waals surface area contributed by atoms with Gasteiger partial charge in [-0.25, -0.2) is 4.79 Å². The summed E-state index contributed by atoms with van der Waals surface area (Å²) in [4.78, 5) is 20.2. The Bertz CT molecular complexity index is 398. The molecule has 1 aromatic rings. The van der Waals surface area contributed by atoms with E-state index in [0.717, 1.165) is 0 Å². The van der Waals surface area contributed by atoms with Crippen molar-refractivity contribution in [1.29, 1.82) is 0 Å². The quantitative estimate of drug-likeness (QED) is 0.584. The predicted octanol–water partition coefficient (Wildman–Crippen LogP) is 1.46. The first-order chi connectivity index (χ1) is 6.91. The van der Waals surface area contributed by atoms with Gasteiger partial charge in [0.1, 0.15) is 6.20 Å². The normalized spacial score (nSPS) is 10.3. The predicted molar refractivity (Wildman–Crippen MR) is 50.9 cm³/mol. The lowest BCUT2D eigenvalue weighted by atomic mass is 10.4. The van der Waals surface area contributed by atoms with E-state index in [1.54, 1.807) is 13.8 Å². The molecule has 0 aromatic carbocycles. The molecule has 1 aromatic heterocycles. The fourth-order valence-corrected chi connectivity index (χ4v) is 0.970. The molecule has 1 heterocycles. The summed E-state index contributed by atoms with van der Waals surface area (Å²) in [6.45, 7) is 3.56. The Morgan fingerprint density at radius 3 is 2.73 bits per heavy atom. The maximum atomic E-state index is 10.6. The molecule has 1 rings (SSSR count). The molecule has 0 aliphatic heterocycles. The van der Waals surface area contributed by atoms with Crippen molar-refractivity contribution in [3.63, 3.8) is 0 Å². The van der Waals surface area contributed by atoms with Crippen LogP contribution in [0.1, 0.15) is 19.9 Å². The summed E-state index contributed by atoms with van der Waals surface area (Å²) in [7, 11) is 0. The van der Waals surface area contributed by atoms with Gasteiger partial charge in [0, 0.05) is 6.04 Å². The zero-order valence-electron chi connectivity index (χ0n) is 8.17. The van der Waals surface area contributed by atoms with Gasteiger partial charge in [0.25, 0.3) is 0 Å². The fourth-order valence-electron chi connectivity index (χ4n) is 0.970. The molecule has 0 saturated heterocycles. The zero-order chi connectivity index (χ0) is 11.6. The molecule has 8 nitrogen and oxygen atoms in total. The first-order valence-electron chi connectivity index (χ1n) is 4.15. The van der Waals surface area contributed by atoms with Gasteiger partial charge < -0.3 is 5.11 Å². The van der Waals surface area contributed by atoms with Crippen LogP contribution in [0.3, 0.4) is 0 Å². The van der Waals surface area contributed by atoms with Crippen LogP contribution in [0.2, 0.25) is 0 Å². The van der Waals surface area contributed by atoms with E-state index in [1.807, 2.05) is 5.32 Å². The third-order valence-corrected chi connectivity index (χ3v) is 1.66. The first kappa shape index (κ1) is 11.0. The van der Waals surface area contributed by atoms with Gasteiger partial charge in [-0.1, -0.05) is 0 Å². The molecule has 0 saturated carbocycles. The lowest BCUT2D eigenvalue weighted by Crippen LogP contribution is -2.10. The first-order valence-corrected chi connectivity index (χ1v) is 4.15. The minimum Gasteiger partial charge on any atom is -0.465 e. The van der Waals surface area contributed by atoms with E-state index >= 15 is 0 Å². The highest BCUT2D eigenvalue weighted by Gasteiger charge is 2.21. The van der Waals surface area contributed by atoms with Crippen molar-refractivity contribution in [2.45, 2.75) is 19.9 Å². The van der Waals surface area contributed by atoms with Gasteiger partial charge in [-0.15, -0.1) is 5.10 Å². The Kier molecular flexibility index (Phi) is 2.88. The van der Waals surface area contributed by atoms with Crippen LogP contribution in [0.4, 0.5) is 16.3 Å². The number of nitrogens with one attached hydrogen (secondary N) is 1. The van der Waals surface area contributed by atoms with E-state index in [1.165, 1.54) is 10.9 Å². The van der Waals surface area contributed by atoms with Crippen molar-refractivity contribution >= 4 is 17.6 Å². The number of aromatic nitrogens is 2. The second-order valence-electron chi connectivity index (χ2n) is 3.12. The molecule has 0 atom stereocenters. The van der Waals surface area contributed by atoms with E-state index < -0.39 is 11.0 Å². The van der Waals surface area contributed by atoms with Gasteiger partial charge in [0.15, 0.2) is 0 Å². The topological polar surface area (TPSA) is 110 Å². The average Bonchev–Trinajstić information content (AvgIpc) is 2.46. The number of amides is 1. The standard InChI is InChI=1S/C7H10N4O4/c1-4(2)10-3-5(11(14)15)6(9-10)8-7(12)13/h3-4H,1-2H3,(H,8,9)(H,12,13). The number of hydrogen-bond donors (Lipinski definition) is 2. The minimum atomic E-state index is -1.38. The van der Waals surface area contributed by atoms with Crippen LogP contribution < -0.4 is 5.32 Å².